The number of rotatable bonds is 5. The molecule has 0 amide bonds. The summed E-state index contributed by atoms with van der Waals surface area (Å²) in [5, 5.41) is -0.466. The van der Waals surface area contributed by atoms with Gasteiger partial charge in [-0.15, -0.1) is 0 Å². The molecule has 0 saturated carbocycles. The first-order valence-electron chi connectivity index (χ1n) is 7.35. The van der Waals surface area contributed by atoms with Gasteiger partial charge in [0.05, 0.1) is 0 Å². The molecular formula is C14H22FN3O2S. The van der Waals surface area contributed by atoms with E-state index in [-0.39, 0.29) is 0 Å². The summed E-state index contributed by atoms with van der Waals surface area (Å²) in [5.41, 5.74) is 0. The third-order valence-electron chi connectivity index (χ3n) is 4.06. The van der Waals surface area contributed by atoms with Gasteiger partial charge in [0.1, 0.15) is 0 Å². The van der Waals surface area contributed by atoms with Crippen molar-refractivity contribution in [2.24, 2.45) is 0 Å². The first-order valence-corrected chi connectivity index (χ1v) is 8.79. The van der Waals surface area contributed by atoms with Crippen molar-refractivity contribution in [3.05, 3.63) is 24.1 Å². The van der Waals surface area contributed by atoms with Gasteiger partial charge in [0.2, 0.25) is 5.03 Å². The molecule has 1 aromatic heterocycles. The normalized spacial score (nSPS) is 18.3. The molecule has 2 rings (SSSR count). The zero-order chi connectivity index (χ0) is 15.5. The lowest BCUT2D eigenvalue weighted by Crippen LogP contribution is -2.46. The number of nitrogens with zero attached hydrogens (tertiary/aromatic N) is 3. The van der Waals surface area contributed by atoms with Crippen molar-refractivity contribution in [1.82, 2.24) is 14.2 Å². The number of sulfonamides is 1. The fourth-order valence-electron chi connectivity index (χ4n) is 2.87. The summed E-state index contributed by atoms with van der Waals surface area (Å²) in [7, 11) is -3.83. The monoisotopic (exact) mass is 315 g/mol. The van der Waals surface area contributed by atoms with E-state index in [0.29, 0.717) is 19.1 Å². The van der Waals surface area contributed by atoms with E-state index in [1.54, 1.807) is 0 Å². The minimum atomic E-state index is -3.83. The minimum Gasteiger partial charge on any atom is -0.301 e. The Hall–Kier alpha value is -1.05. The molecule has 0 atom stereocenters. The molecule has 2 heterocycles. The average Bonchev–Trinajstić information content (AvgIpc) is 2.49. The summed E-state index contributed by atoms with van der Waals surface area (Å²) in [6.07, 6.45) is 2.85. The molecule has 1 aliphatic rings. The molecule has 0 N–H and O–H groups in total. The van der Waals surface area contributed by atoms with Gasteiger partial charge in [-0.1, -0.05) is 13.8 Å². The number of piperidine rings is 1. The molecule has 1 aliphatic heterocycles. The van der Waals surface area contributed by atoms with Crippen LogP contribution in [0.25, 0.3) is 0 Å². The van der Waals surface area contributed by atoms with E-state index < -0.39 is 20.9 Å². The van der Waals surface area contributed by atoms with Gasteiger partial charge in [-0.05, 0) is 38.1 Å². The van der Waals surface area contributed by atoms with Crippen LogP contribution in [-0.4, -0.2) is 54.8 Å². The Labute approximate surface area is 125 Å². The van der Waals surface area contributed by atoms with Crippen LogP contribution in [0.4, 0.5) is 4.39 Å². The van der Waals surface area contributed by atoms with Crippen LogP contribution in [0.5, 0.6) is 0 Å². The van der Waals surface area contributed by atoms with E-state index >= 15 is 0 Å². The lowest BCUT2D eigenvalue weighted by molar-refractivity contribution is 0.152. The molecule has 5 nitrogen and oxygen atoms in total. The van der Waals surface area contributed by atoms with Gasteiger partial charge in [0.25, 0.3) is 10.0 Å². The highest BCUT2D eigenvalue weighted by atomic mass is 32.2. The predicted octanol–water partition coefficient (Wildman–Crippen LogP) is 1.72. The fourth-order valence-corrected chi connectivity index (χ4v) is 4.32. The van der Waals surface area contributed by atoms with Gasteiger partial charge in [-0.3, -0.25) is 0 Å². The van der Waals surface area contributed by atoms with Crippen LogP contribution in [-0.2, 0) is 10.0 Å². The smallest absolute Gasteiger partial charge is 0.263 e. The second kappa shape index (κ2) is 6.81. The van der Waals surface area contributed by atoms with Gasteiger partial charge in [-0.25, -0.2) is 17.8 Å². The molecule has 1 saturated heterocycles. The Balaban J connectivity index is 2.10. The molecule has 0 aliphatic carbocycles. The van der Waals surface area contributed by atoms with Crippen LogP contribution in [0.3, 0.4) is 0 Å². The Morgan fingerprint density at radius 1 is 1.33 bits per heavy atom. The van der Waals surface area contributed by atoms with Crippen LogP contribution < -0.4 is 0 Å². The standard InChI is InChI=1S/C14H22FN3O2S/c1-3-17(4-2)12-7-10-18(11-8-12)21(19,20)14-13(15)6-5-9-16-14/h5-6,9,12H,3-4,7-8,10-11H2,1-2H3. The van der Waals surface area contributed by atoms with E-state index in [1.807, 2.05) is 0 Å². The summed E-state index contributed by atoms with van der Waals surface area (Å²) >= 11 is 0. The summed E-state index contributed by atoms with van der Waals surface area (Å²) in [4.78, 5) is 6.04. The molecule has 1 aromatic rings. The van der Waals surface area contributed by atoms with Crippen molar-refractivity contribution < 1.29 is 12.8 Å². The number of hydrogen-bond donors (Lipinski definition) is 0. The number of halogens is 1. The van der Waals surface area contributed by atoms with Gasteiger partial charge < -0.3 is 4.90 Å². The third-order valence-corrected chi connectivity index (χ3v) is 5.90. The Morgan fingerprint density at radius 3 is 2.48 bits per heavy atom. The first kappa shape index (κ1) is 16.3. The quantitative estimate of drug-likeness (QED) is 0.830. The summed E-state index contributed by atoms with van der Waals surface area (Å²) < 4.78 is 39.9. The number of aromatic nitrogens is 1. The predicted molar refractivity (Wildman–Crippen MR) is 78.9 cm³/mol. The molecule has 118 valence electrons. The van der Waals surface area contributed by atoms with Crippen LogP contribution in [0.1, 0.15) is 26.7 Å². The van der Waals surface area contributed by atoms with Crippen molar-refractivity contribution in [2.45, 2.75) is 37.8 Å². The van der Waals surface area contributed by atoms with Crippen LogP contribution >= 0.6 is 0 Å². The van der Waals surface area contributed by atoms with Crippen LogP contribution in [0, 0.1) is 5.82 Å². The molecule has 0 spiro atoms. The maximum atomic E-state index is 13.7. The maximum absolute atomic E-state index is 13.7. The molecular weight excluding hydrogens is 293 g/mol. The molecule has 21 heavy (non-hydrogen) atoms. The first-order chi connectivity index (χ1) is 10.0. The van der Waals surface area contributed by atoms with E-state index in [0.717, 1.165) is 32.0 Å². The van der Waals surface area contributed by atoms with Crippen LogP contribution in [0.2, 0.25) is 0 Å². The molecule has 7 heteroatoms. The van der Waals surface area contributed by atoms with Crippen LogP contribution in [0.15, 0.2) is 23.4 Å². The van der Waals surface area contributed by atoms with Crippen molar-refractivity contribution in [3.8, 4) is 0 Å². The van der Waals surface area contributed by atoms with Crippen molar-refractivity contribution >= 4 is 10.0 Å². The van der Waals surface area contributed by atoms with Crippen molar-refractivity contribution in [2.75, 3.05) is 26.2 Å². The Morgan fingerprint density at radius 2 is 1.95 bits per heavy atom. The summed E-state index contributed by atoms with van der Waals surface area (Å²) in [6.45, 7) is 6.97. The van der Waals surface area contributed by atoms with Gasteiger partial charge >= 0.3 is 0 Å². The van der Waals surface area contributed by atoms with E-state index in [9.17, 15) is 12.8 Å². The zero-order valence-corrected chi connectivity index (χ0v) is 13.3. The molecule has 0 bridgehead atoms. The maximum Gasteiger partial charge on any atom is 0.263 e. The van der Waals surface area contributed by atoms with Gasteiger partial charge in [0.15, 0.2) is 5.82 Å². The molecule has 0 unspecified atom stereocenters. The lowest BCUT2D eigenvalue weighted by atomic mass is 10.1. The van der Waals surface area contributed by atoms with Gasteiger partial charge in [-0.2, -0.15) is 4.31 Å². The molecule has 1 fully saturated rings. The molecule has 0 aromatic carbocycles. The summed E-state index contributed by atoms with van der Waals surface area (Å²) in [6, 6.07) is 2.92. The SMILES string of the molecule is CCN(CC)C1CCN(S(=O)(=O)c2ncccc2F)CC1. The topological polar surface area (TPSA) is 53.5 Å². The highest BCUT2D eigenvalue weighted by Gasteiger charge is 2.33. The van der Waals surface area contributed by atoms with E-state index in [4.69, 9.17) is 0 Å². The molecule has 0 radical (unpaired) electrons. The Bertz CT molecular complexity index is 567. The highest BCUT2D eigenvalue weighted by molar-refractivity contribution is 7.89. The fraction of sp³-hybridized carbons (Fsp3) is 0.643. The van der Waals surface area contributed by atoms with Crippen molar-refractivity contribution in [3.63, 3.8) is 0 Å². The van der Waals surface area contributed by atoms with Crippen molar-refractivity contribution in [1.29, 1.82) is 0 Å². The average molecular weight is 315 g/mol. The summed E-state index contributed by atoms with van der Waals surface area (Å²) in [5.74, 6) is -0.789. The number of hydrogen-bond acceptors (Lipinski definition) is 4. The van der Waals surface area contributed by atoms with E-state index in [1.165, 1.54) is 16.6 Å². The second-order valence-electron chi connectivity index (χ2n) is 5.15. The highest BCUT2D eigenvalue weighted by Crippen LogP contribution is 2.23. The number of pyridine rings is 1. The van der Waals surface area contributed by atoms with Gasteiger partial charge in [0, 0.05) is 25.3 Å². The zero-order valence-electron chi connectivity index (χ0n) is 12.5. The lowest BCUT2D eigenvalue weighted by Gasteiger charge is -2.36. The van der Waals surface area contributed by atoms with E-state index in [2.05, 4.69) is 23.7 Å². The minimum absolute atomic E-state index is 0.403. The Kier molecular flexibility index (Phi) is 5.29. The largest absolute Gasteiger partial charge is 0.301 e. The second-order valence-corrected chi connectivity index (χ2v) is 7.00. The third kappa shape index (κ3) is 3.41.